The van der Waals surface area contributed by atoms with Gasteiger partial charge in [-0.15, -0.1) is 0 Å². The molecule has 0 aliphatic carbocycles. The molecule has 1 aromatic carbocycles. The summed E-state index contributed by atoms with van der Waals surface area (Å²) in [6.45, 7) is 5.81. The maximum Gasteiger partial charge on any atom is 0.239 e. The number of hydrogen-bond donors (Lipinski definition) is 1. The third-order valence-corrected chi connectivity index (χ3v) is 5.76. The van der Waals surface area contributed by atoms with E-state index < -0.39 is 0 Å². The number of piperazine rings is 1. The summed E-state index contributed by atoms with van der Waals surface area (Å²) in [5.74, 6) is 0.575. The molecule has 3 rings (SSSR count). The van der Waals surface area contributed by atoms with Crippen molar-refractivity contribution in [2.24, 2.45) is 10.7 Å². The van der Waals surface area contributed by atoms with Crippen LogP contribution in [0.25, 0.3) is 0 Å². The van der Waals surface area contributed by atoms with Crippen LogP contribution in [0.1, 0.15) is 19.3 Å². The topological polar surface area (TPSA) is 68.4 Å². The molecule has 0 spiro atoms. The van der Waals surface area contributed by atoms with Gasteiger partial charge in [-0.25, -0.2) is 4.39 Å². The van der Waals surface area contributed by atoms with Crippen molar-refractivity contribution in [1.29, 1.82) is 0 Å². The SMILES string of the molecule is CN(C)C(=O)C1CCCN1CCCN=C(N)N1CCN(c2ccc(F)cc2)CC1. The van der Waals surface area contributed by atoms with Gasteiger partial charge in [-0.1, -0.05) is 0 Å². The summed E-state index contributed by atoms with van der Waals surface area (Å²) in [7, 11) is 3.64. The van der Waals surface area contributed by atoms with Crippen molar-refractivity contribution in [3.63, 3.8) is 0 Å². The predicted octanol–water partition coefficient (Wildman–Crippen LogP) is 1.21. The molecule has 160 valence electrons. The number of halogens is 1. The first-order valence-corrected chi connectivity index (χ1v) is 10.5. The zero-order chi connectivity index (χ0) is 20.8. The number of carbonyl (C=O) groups excluding carboxylic acids is 1. The molecule has 2 aliphatic rings. The minimum absolute atomic E-state index is 0.0193. The Bertz CT molecular complexity index is 700. The van der Waals surface area contributed by atoms with Gasteiger partial charge in [0.15, 0.2) is 5.96 Å². The number of nitrogens with zero attached hydrogens (tertiary/aromatic N) is 5. The average molecular weight is 405 g/mol. The lowest BCUT2D eigenvalue weighted by Gasteiger charge is -2.36. The van der Waals surface area contributed by atoms with E-state index in [1.54, 1.807) is 4.90 Å². The molecule has 0 aromatic heterocycles. The van der Waals surface area contributed by atoms with Gasteiger partial charge in [-0.05, 0) is 50.1 Å². The number of likely N-dealkylation sites (N-methyl/N-ethyl adjacent to an activating group) is 1. The lowest BCUT2D eigenvalue weighted by atomic mass is 10.2. The Morgan fingerprint density at radius 3 is 2.52 bits per heavy atom. The Kier molecular flexibility index (Phi) is 7.30. The van der Waals surface area contributed by atoms with Crippen LogP contribution in [-0.2, 0) is 4.79 Å². The minimum atomic E-state index is -0.213. The number of carbonyl (C=O) groups is 1. The quantitative estimate of drug-likeness (QED) is 0.438. The molecule has 0 saturated carbocycles. The number of aliphatic imine (C=N–C) groups is 1. The van der Waals surface area contributed by atoms with Crippen molar-refractivity contribution in [2.75, 3.05) is 64.8 Å². The number of guanidine groups is 1. The highest BCUT2D eigenvalue weighted by molar-refractivity contribution is 5.81. The Balaban J connectivity index is 1.40. The van der Waals surface area contributed by atoms with Gasteiger partial charge in [0.2, 0.25) is 5.91 Å². The van der Waals surface area contributed by atoms with Gasteiger partial charge in [0.1, 0.15) is 5.82 Å². The maximum atomic E-state index is 13.1. The molecule has 2 aliphatic heterocycles. The number of benzene rings is 1. The molecule has 1 atom stereocenters. The van der Waals surface area contributed by atoms with Gasteiger partial charge in [0.25, 0.3) is 0 Å². The average Bonchev–Trinajstić information content (AvgIpc) is 3.19. The first kappa shape index (κ1) is 21.4. The first-order valence-electron chi connectivity index (χ1n) is 10.5. The van der Waals surface area contributed by atoms with E-state index in [1.165, 1.54) is 12.1 Å². The highest BCUT2D eigenvalue weighted by Gasteiger charge is 2.31. The van der Waals surface area contributed by atoms with Gasteiger partial charge in [0, 0.05) is 59.1 Å². The lowest BCUT2D eigenvalue weighted by Crippen LogP contribution is -2.51. The van der Waals surface area contributed by atoms with E-state index in [4.69, 9.17) is 5.73 Å². The van der Waals surface area contributed by atoms with Crippen molar-refractivity contribution in [3.8, 4) is 0 Å². The molecule has 2 N–H and O–H groups in total. The molecule has 1 amide bonds. The highest BCUT2D eigenvalue weighted by Crippen LogP contribution is 2.19. The Morgan fingerprint density at radius 1 is 1.17 bits per heavy atom. The molecule has 29 heavy (non-hydrogen) atoms. The van der Waals surface area contributed by atoms with E-state index in [9.17, 15) is 9.18 Å². The number of likely N-dealkylation sites (tertiary alicyclic amines) is 1. The van der Waals surface area contributed by atoms with Crippen LogP contribution in [-0.4, -0.2) is 92.5 Å². The summed E-state index contributed by atoms with van der Waals surface area (Å²) in [6.07, 6.45) is 2.92. The van der Waals surface area contributed by atoms with Gasteiger partial charge in [-0.2, -0.15) is 0 Å². The summed E-state index contributed by atoms with van der Waals surface area (Å²) in [5.41, 5.74) is 7.23. The highest BCUT2D eigenvalue weighted by atomic mass is 19.1. The van der Waals surface area contributed by atoms with Gasteiger partial charge < -0.3 is 20.4 Å². The second-order valence-corrected chi connectivity index (χ2v) is 7.97. The van der Waals surface area contributed by atoms with E-state index in [0.717, 1.165) is 64.2 Å². The summed E-state index contributed by atoms with van der Waals surface area (Å²) < 4.78 is 13.1. The molecule has 0 bridgehead atoms. The van der Waals surface area contributed by atoms with Crippen LogP contribution >= 0.6 is 0 Å². The van der Waals surface area contributed by atoms with Crippen LogP contribution in [0.15, 0.2) is 29.3 Å². The van der Waals surface area contributed by atoms with Gasteiger partial charge in [-0.3, -0.25) is 14.7 Å². The third kappa shape index (κ3) is 5.59. The fraction of sp³-hybridized carbons (Fsp3) is 0.619. The monoisotopic (exact) mass is 404 g/mol. The third-order valence-electron chi connectivity index (χ3n) is 5.76. The molecular formula is C21H33FN6O. The number of hydrogen-bond acceptors (Lipinski definition) is 4. The molecule has 2 saturated heterocycles. The van der Waals surface area contributed by atoms with Crippen LogP contribution < -0.4 is 10.6 Å². The van der Waals surface area contributed by atoms with Gasteiger partial charge in [0.05, 0.1) is 6.04 Å². The summed E-state index contributed by atoms with van der Waals surface area (Å²) >= 11 is 0. The van der Waals surface area contributed by atoms with Crippen LogP contribution in [0, 0.1) is 5.82 Å². The predicted molar refractivity (Wildman–Crippen MR) is 115 cm³/mol. The zero-order valence-corrected chi connectivity index (χ0v) is 17.6. The zero-order valence-electron chi connectivity index (χ0n) is 17.6. The largest absolute Gasteiger partial charge is 0.370 e. The number of amides is 1. The minimum Gasteiger partial charge on any atom is -0.370 e. The summed E-state index contributed by atoms with van der Waals surface area (Å²) in [4.78, 5) is 25.1. The first-order chi connectivity index (χ1) is 14.0. The molecule has 1 unspecified atom stereocenters. The van der Waals surface area contributed by atoms with Crippen LogP contribution in [0.4, 0.5) is 10.1 Å². The number of rotatable bonds is 6. The lowest BCUT2D eigenvalue weighted by molar-refractivity contribution is -0.133. The van der Waals surface area contributed by atoms with Crippen LogP contribution in [0.2, 0.25) is 0 Å². The smallest absolute Gasteiger partial charge is 0.239 e. The summed E-state index contributed by atoms with van der Waals surface area (Å²) in [6, 6.07) is 6.64. The molecule has 7 nitrogen and oxygen atoms in total. The van der Waals surface area contributed by atoms with E-state index in [1.807, 2.05) is 26.2 Å². The van der Waals surface area contributed by atoms with Gasteiger partial charge >= 0.3 is 0 Å². The van der Waals surface area contributed by atoms with E-state index in [2.05, 4.69) is 19.7 Å². The van der Waals surface area contributed by atoms with Crippen molar-refractivity contribution >= 4 is 17.6 Å². The van der Waals surface area contributed by atoms with E-state index >= 15 is 0 Å². The normalized spacial score (nSPS) is 20.9. The second-order valence-electron chi connectivity index (χ2n) is 7.97. The molecule has 0 radical (unpaired) electrons. The van der Waals surface area contributed by atoms with Crippen molar-refractivity contribution in [3.05, 3.63) is 30.1 Å². The standard InChI is InChI=1S/C21H33FN6O/c1-25(2)20(29)19-5-3-11-27(19)12-4-10-24-21(23)28-15-13-26(14-16-28)18-8-6-17(22)7-9-18/h6-9,19H,3-5,10-16H2,1-2H3,(H2,23,24). The Hall–Kier alpha value is -2.35. The number of anilines is 1. The summed E-state index contributed by atoms with van der Waals surface area (Å²) in [5, 5.41) is 0. The van der Waals surface area contributed by atoms with Crippen molar-refractivity contribution in [2.45, 2.75) is 25.3 Å². The molecule has 1 aromatic rings. The molecular weight excluding hydrogens is 371 g/mol. The van der Waals surface area contributed by atoms with Crippen molar-refractivity contribution in [1.82, 2.24) is 14.7 Å². The Morgan fingerprint density at radius 2 is 1.86 bits per heavy atom. The molecule has 8 heteroatoms. The fourth-order valence-electron chi connectivity index (χ4n) is 4.08. The fourth-order valence-corrected chi connectivity index (χ4v) is 4.08. The Labute approximate surface area is 172 Å². The molecule has 2 heterocycles. The van der Waals surface area contributed by atoms with Crippen LogP contribution in [0.5, 0.6) is 0 Å². The number of nitrogens with two attached hydrogens (primary N) is 1. The maximum absolute atomic E-state index is 13.1. The van der Waals surface area contributed by atoms with Crippen molar-refractivity contribution < 1.29 is 9.18 Å². The second kappa shape index (κ2) is 9.91. The molecule has 2 fully saturated rings. The van der Waals surface area contributed by atoms with E-state index in [-0.39, 0.29) is 17.8 Å². The van der Waals surface area contributed by atoms with Crippen LogP contribution in [0.3, 0.4) is 0 Å². The van der Waals surface area contributed by atoms with E-state index in [0.29, 0.717) is 12.5 Å².